The summed E-state index contributed by atoms with van der Waals surface area (Å²) in [5.74, 6) is -0.217. The van der Waals surface area contributed by atoms with Gasteiger partial charge in [-0.25, -0.2) is 0 Å². The van der Waals surface area contributed by atoms with E-state index in [-0.39, 0.29) is 30.3 Å². The minimum atomic E-state index is -0.881. The zero-order valence-electron chi connectivity index (χ0n) is 14.7. The Bertz CT molecular complexity index is 534. The molecule has 24 heavy (non-hydrogen) atoms. The highest BCUT2D eigenvalue weighted by atomic mass is 35.5. The first kappa shape index (κ1) is 20.9. The zero-order chi connectivity index (χ0) is 17.1. The van der Waals surface area contributed by atoms with Crippen molar-refractivity contribution in [2.45, 2.75) is 50.7 Å². The molecule has 1 aliphatic heterocycles. The molecule has 0 aromatic heterocycles. The van der Waals surface area contributed by atoms with Crippen molar-refractivity contribution in [1.82, 2.24) is 5.32 Å². The number of benzene rings is 1. The van der Waals surface area contributed by atoms with E-state index in [0.717, 1.165) is 5.56 Å². The maximum absolute atomic E-state index is 12.2. The normalized spacial score (nSPS) is 18.4. The number of carbonyl (C=O) groups is 1. The van der Waals surface area contributed by atoms with Gasteiger partial charge in [0.25, 0.3) is 0 Å². The van der Waals surface area contributed by atoms with Crippen molar-refractivity contribution < 1.29 is 14.6 Å². The van der Waals surface area contributed by atoms with Crippen molar-refractivity contribution in [2.75, 3.05) is 19.8 Å². The van der Waals surface area contributed by atoms with E-state index in [4.69, 9.17) is 10.5 Å². The molecule has 6 heteroatoms. The van der Waals surface area contributed by atoms with E-state index in [1.807, 2.05) is 24.3 Å². The lowest BCUT2D eigenvalue weighted by Crippen LogP contribution is -2.57. The van der Waals surface area contributed by atoms with Crippen LogP contribution >= 0.6 is 12.4 Å². The third-order valence-corrected chi connectivity index (χ3v) is 4.45. The minimum absolute atomic E-state index is 0. The number of halogens is 1. The fraction of sp³-hybridized carbons (Fsp3) is 0.611. The van der Waals surface area contributed by atoms with Gasteiger partial charge in [0, 0.05) is 19.8 Å². The van der Waals surface area contributed by atoms with Crippen LogP contribution < -0.4 is 11.1 Å². The second kappa shape index (κ2) is 8.30. The zero-order valence-corrected chi connectivity index (χ0v) is 15.5. The number of hydrogen-bond donors (Lipinski definition) is 3. The number of ether oxygens (including phenoxy) is 1. The number of nitrogens with one attached hydrogen (secondary N) is 1. The summed E-state index contributed by atoms with van der Waals surface area (Å²) in [6.45, 7) is 7.60. The molecule has 1 atom stereocenters. The molecular formula is C18H29ClN2O3. The molecule has 1 aliphatic rings. The smallest absolute Gasteiger partial charge is 0.240 e. The second-order valence-corrected chi connectivity index (χ2v) is 7.37. The van der Waals surface area contributed by atoms with E-state index in [1.165, 1.54) is 5.56 Å². The molecule has 5 nitrogen and oxygen atoms in total. The van der Waals surface area contributed by atoms with E-state index in [2.05, 4.69) is 26.1 Å². The van der Waals surface area contributed by atoms with E-state index in [9.17, 15) is 9.90 Å². The van der Waals surface area contributed by atoms with Gasteiger partial charge in [-0.15, -0.1) is 12.4 Å². The van der Waals surface area contributed by atoms with Crippen LogP contribution in [0.2, 0.25) is 0 Å². The van der Waals surface area contributed by atoms with E-state index < -0.39 is 11.6 Å². The largest absolute Gasteiger partial charge is 0.387 e. The second-order valence-electron chi connectivity index (χ2n) is 7.37. The van der Waals surface area contributed by atoms with Crippen LogP contribution in [0.1, 0.15) is 50.8 Å². The van der Waals surface area contributed by atoms with Crippen LogP contribution in [0.4, 0.5) is 0 Å². The maximum atomic E-state index is 12.2. The molecule has 0 aliphatic carbocycles. The maximum Gasteiger partial charge on any atom is 0.240 e. The van der Waals surface area contributed by atoms with Gasteiger partial charge < -0.3 is 20.9 Å². The fourth-order valence-electron chi connectivity index (χ4n) is 2.65. The van der Waals surface area contributed by atoms with Gasteiger partial charge in [-0.1, -0.05) is 45.0 Å². The van der Waals surface area contributed by atoms with Crippen LogP contribution in [0.5, 0.6) is 0 Å². The molecule has 4 N–H and O–H groups in total. The van der Waals surface area contributed by atoms with Crippen molar-refractivity contribution in [3.8, 4) is 0 Å². The van der Waals surface area contributed by atoms with Crippen LogP contribution in [0, 0.1) is 0 Å². The number of aliphatic hydroxyl groups is 1. The van der Waals surface area contributed by atoms with Crippen molar-refractivity contribution in [2.24, 2.45) is 5.73 Å². The van der Waals surface area contributed by atoms with Crippen LogP contribution in [-0.2, 0) is 14.9 Å². The molecule has 0 bridgehead atoms. The van der Waals surface area contributed by atoms with Crippen molar-refractivity contribution in [3.63, 3.8) is 0 Å². The van der Waals surface area contributed by atoms with Gasteiger partial charge in [0.15, 0.2) is 0 Å². The number of rotatable bonds is 4. The summed E-state index contributed by atoms with van der Waals surface area (Å²) in [5, 5.41) is 13.0. The molecule has 136 valence electrons. The van der Waals surface area contributed by atoms with E-state index in [0.29, 0.717) is 26.1 Å². The summed E-state index contributed by atoms with van der Waals surface area (Å²) in [7, 11) is 0. The lowest BCUT2D eigenvalue weighted by molar-refractivity contribution is -0.130. The Morgan fingerprint density at radius 3 is 2.33 bits per heavy atom. The van der Waals surface area contributed by atoms with Crippen molar-refractivity contribution in [1.29, 1.82) is 0 Å². The molecule has 1 saturated heterocycles. The number of hydrogen-bond acceptors (Lipinski definition) is 4. The van der Waals surface area contributed by atoms with Crippen molar-refractivity contribution in [3.05, 3.63) is 35.4 Å². The number of amides is 1. The molecule has 1 amide bonds. The van der Waals surface area contributed by atoms with Crippen LogP contribution in [-0.4, -0.2) is 36.3 Å². The third kappa shape index (κ3) is 5.18. The highest BCUT2D eigenvalue weighted by molar-refractivity contribution is 5.86. The SMILES string of the molecule is CC(C)(C)c1ccc(C(O)CNC(=O)C2(N)CCOCC2)cc1.Cl. The molecule has 1 fully saturated rings. The van der Waals surface area contributed by atoms with Gasteiger partial charge in [0.2, 0.25) is 5.91 Å². The first-order chi connectivity index (χ1) is 10.7. The molecule has 1 unspecified atom stereocenters. The quantitative estimate of drug-likeness (QED) is 0.771. The van der Waals surface area contributed by atoms with E-state index in [1.54, 1.807) is 0 Å². The molecule has 1 heterocycles. The summed E-state index contributed by atoms with van der Waals surface area (Å²) >= 11 is 0. The standard InChI is InChI=1S/C18H28N2O3.ClH/c1-17(2,3)14-6-4-13(5-7-14)15(21)12-20-16(22)18(19)8-10-23-11-9-18;/h4-7,15,21H,8-12,19H2,1-3H3,(H,20,22);1H. The van der Waals surface area contributed by atoms with E-state index >= 15 is 0 Å². The third-order valence-electron chi connectivity index (χ3n) is 4.45. The lowest BCUT2D eigenvalue weighted by atomic mass is 9.86. The fourth-order valence-corrected chi connectivity index (χ4v) is 2.65. The van der Waals surface area contributed by atoms with Crippen LogP contribution in [0.15, 0.2) is 24.3 Å². The molecule has 1 aromatic rings. The first-order valence-corrected chi connectivity index (χ1v) is 8.16. The summed E-state index contributed by atoms with van der Waals surface area (Å²) in [5.41, 5.74) is 7.31. The predicted octanol–water partition coefficient (Wildman–Crippen LogP) is 2.06. The molecule has 0 spiro atoms. The molecule has 0 saturated carbocycles. The highest BCUT2D eigenvalue weighted by Gasteiger charge is 2.35. The van der Waals surface area contributed by atoms with Gasteiger partial charge in [-0.05, 0) is 29.4 Å². The Labute approximate surface area is 150 Å². The van der Waals surface area contributed by atoms with Gasteiger partial charge in [-0.3, -0.25) is 4.79 Å². The van der Waals surface area contributed by atoms with Crippen molar-refractivity contribution >= 4 is 18.3 Å². The monoisotopic (exact) mass is 356 g/mol. The van der Waals surface area contributed by atoms with Crippen LogP contribution in [0.3, 0.4) is 0 Å². The predicted molar refractivity (Wildman–Crippen MR) is 97.3 cm³/mol. The Morgan fingerprint density at radius 2 is 1.83 bits per heavy atom. The Morgan fingerprint density at radius 1 is 1.29 bits per heavy atom. The number of nitrogens with two attached hydrogens (primary N) is 1. The van der Waals surface area contributed by atoms with Crippen LogP contribution in [0.25, 0.3) is 0 Å². The minimum Gasteiger partial charge on any atom is -0.387 e. The Kier molecular flexibility index (Phi) is 7.23. The average molecular weight is 357 g/mol. The van der Waals surface area contributed by atoms with Gasteiger partial charge >= 0.3 is 0 Å². The Hall–Kier alpha value is -1.14. The summed E-state index contributed by atoms with van der Waals surface area (Å²) < 4.78 is 5.24. The molecule has 0 radical (unpaired) electrons. The molecule has 2 rings (SSSR count). The summed E-state index contributed by atoms with van der Waals surface area (Å²) in [6, 6.07) is 7.85. The number of aliphatic hydroxyl groups excluding tert-OH is 1. The van der Waals surface area contributed by atoms with Gasteiger partial charge in [0.1, 0.15) is 0 Å². The first-order valence-electron chi connectivity index (χ1n) is 8.16. The molecule has 1 aromatic carbocycles. The summed E-state index contributed by atoms with van der Waals surface area (Å²) in [6.07, 6.45) is 0.279. The summed E-state index contributed by atoms with van der Waals surface area (Å²) in [4.78, 5) is 12.2. The average Bonchev–Trinajstić information content (AvgIpc) is 2.52. The Balaban J connectivity index is 0.00000288. The topological polar surface area (TPSA) is 84.6 Å². The van der Waals surface area contributed by atoms with Gasteiger partial charge in [-0.2, -0.15) is 0 Å². The molecular weight excluding hydrogens is 328 g/mol. The number of carbonyl (C=O) groups excluding carboxylic acids is 1. The highest BCUT2D eigenvalue weighted by Crippen LogP contribution is 2.24. The van der Waals surface area contributed by atoms with Gasteiger partial charge in [0.05, 0.1) is 11.6 Å². The lowest BCUT2D eigenvalue weighted by Gasteiger charge is -2.32.